The van der Waals surface area contributed by atoms with Crippen LogP contribution in [0.4, 0.5) is 0 Å². The van der Waals surface area contributed by atoms with E-state index in [0.717, 1.165) is 16.1 Å². The summed E-state index contributed by atoms with van der Waals surface area (Å²) in [7, 11) is 0. The minimum absolute atomic E-state index is 0.290. The van der Waals surface area contributed by atoms with Gasteiger partial charge in [-0.05, 0) is 55.0 Å². The van der Waals surface area contributed by atoms with Gasteiger partial charge < -0.3 is 5.73 Å². The van der Waals surface area contributed by atoms with Gasteiger partial charge in [0.2, 0.25) is 0 Å². The molecular formula is C14H16ClNS. The van der Waals surface area contributed by atoms with Crippen molar-refractivity contribution in [2.24, 2.45) is 5.73 Å². The van der Waals surface area contributed by atoms with Gasteiger partial charge in [-0.25, -0.2) is 0 Å². The molecule has 1 nitrogen and oxygen atoms in total. The fourth-order valence-corrected chi connectivity index (χ4v) is 3.03. The first-order valence-electron chi connectivity index (χ1n) is 5.53. The lowest BCUT2D eigenvalue weighted by molar-refractivity contribution is 0.557. The zero-order valence-electron chi connectivity index (χ0n) is 10.3. The number of rotatable bonds is 2. The lowest BCUT2D eigenvalue weighted by atomic mass is 9.97. The summed E-state index contributed by atoms with van der Waals surface area (Å²) < 4.78 is 0. The second-order valence-corrected chi connectivity index (χ2v) is 6.15. The molecule has 0 saturated heterocycles. The molecule has 0 spiro atoms. The Balaban J connectivity index is 2.48. The third-order valence-corrected chi connectivity index (χ3v) is 4.25. The molecular weight excluding hydrogens is 250 g/mol. The Labute approximate surface area is 111 Å². The average Bonchev–Trinajstić information content (AvgIpc) is 2.70. The summed E-state index contributed by atoms with van der Waals surface area (Å²) in [6.45, 7) is 6.08. The minimum Gasteiger partial charge on any atom is -0.322 e. The van der Waals surface area contributed by atoms with E-state index in [2.05, 4.69) is 17.5 Å². The van der Waals surface area contributed by atoms with E-state index in [1.165, 1.54) is 10.4 Å². The number of benzene rings is 1. The normalized spacial score (nSPS) is 11.8. The number of hydrogen-bond donors (Lipinski definition) is 1. The summed E-state index contributed by atoms with van der Waals surface area (Å²) in [5.41, 5.74) is 9.29. The molecule has 0 aliphatic rings. The lowest BCUT2D eigenvalue weighted by Crippen LogP contribution is -2.27. The first kappa shape index (κ1) is 12.6. The highest BCUT2D eigenvalue weighted by atomic mass is 35.5. The van der Waals surface area contributed by atoms with E-state index in [1.807, 2.05) is 32.9 Å². The molecule has 1 aromatic carbocycles. The molecule has 0 saturated carbocycles. The maximum absolute atomic E-state index is 6.14. The van der Waals surface area contributed by atoms with Gasteiger partial charge in [0.15, 0.2) is 0 Å². The van der Waals surface area contributed by atoms with Crippen LogP contribution < -0.4 is 5.73 Å². The molecule has 1 heterocycles. The predicted octanol–water partition coefficient (Wildman–Crippen LogP) is 4.57. The number of hydrogen-bond acceptors (Lipinski definition) is 2. The largest absolute Gasteiger partial charge is 0.322 e. The van der Waals surface area contributed by atoms with Crippen molar-refractivity contribution in [3.05, 3.63) is 45.8 Å². The molecule has 0 atom stereocenters. The van der Waals surface area contributed by atoms with Gasteiger partial charge in [0.1, 0.15) is 0 Å². The molecule has 90 valence electrons. The van der Waals surface area contributed by atoms with Crippen molar-refractivity contribution < 1.29 is 0 Å². The summed E-state index contributed by atoms with van der Waals surface area (Å²) >= 11 is 7.85. The molecule has 2 N–H and O–H groups in total. The van der Waals surface area contributed by atoms with Crippen molar-refractivity contribution in [1.82, 2.24) is 0 Å². The van der Waals surface area contributed by atoms with Crippen LogP contribution in [0, 0.1) is 6.92 Å². The van der Waals surface area contributed by atoms with Gasteiger partial charge in [-0.15, -0.1) is 11.3 Å². The Hall–Kier alpha value is -0.830. The van der Waals surface area contributed by atoms with Crippen molar-refractivity contribution >= 4 is 22.9 Å². The van der Waals surface area contributed by atoms with E-state index in [-0.39, 0.29) is 5.54 Å². The van der Waals surface area contributed by atoms with Crippen molar-refractivity contribution in [2.75, 3.05) is 0 Å². The highest BCUT2D eigenvalue weighted by Gasteiger charge is 2.17. The van der Waals surface area contributed by atoms with E-state index in [4.69, 9.17) is 17.3 Å². The third kappa shape index (κ3) is 2.54. The van der Waals surface area contributed by atoms with E-state index in [1.54, 1.807) is 11.3 Å². The van der Waals surface area contributed by atoms with Gasteiger partial charge >= 0.3 is 0 Å². The molecule has 2 aromatic rings. The van der Waals surface area contributed by atoms with Gasteiger partial charge in [0, 0.05) is 15.4 Å². The third-order valence-electron chi connectivity index (χ3n) is 2.88. The van der Waals surface area contributed by atoms with Crippen molar-refractivity contribution in [1.29, 1.82) is 0 Å². The average molecular weight is 266 g/mol. The van der Waals surface area contributed by atoms with Crippen molar-refractivity contribution in [3.8, 4) is 10.4 Å². The van der Waals surface area contributed by atoms with Gasteiger partial charge in [0.05, 0.1) is 0 Å². The SMILES string of the molecule is Cc1c(Cl)cccc1-c1cc(C(C)(C)N)cs1. The van der Waals surface area contributed by atoms with E-state index in [9.17, 15) is 0 Å². The summed E-state index contributed by atoms with van der Waals surface area (Å²) in [5.74, 6) is 0. The van der Waals surface area contributed by atoms with Gasteiger partial charge in [-0.2, -0.15) is 0 Å². The van der Waals surface area contributed by atoms with Crippen LogP contribution in [0.1, 0.15) is 25.0 Å². The molecule has 2 rings (SSSR count). The zero-order valence-corrected chi connectivity index (χ0v) is 11.8. The highest BCUT2D eigenvalue weighted by Crippen LogP contribution is 2.35. The summed E-state index contributed by atoms with van der Waals surface area (Å²) in [4.78, 5) is 1.22. The lowest BCUT2D eigenvalue weighted by Gasteiger charge is -2.16. The Morgan fingerprint density at radius 2 is 2.00 bits per heavy atom. The fourth-order valence-electron chi connectivity index (χ4n) is 1.69. The smallest absolute Gasteiger partial charge is 0.0441 e. The quantitative estimate of drug-likeness (QED) is 0.846. The zero-order chi connectivity index (χ0) is 12.6. The predicted molar refractivity (Wildman–Crippen MR) is 76.7 cm³/mol. The Kier molecular flexibility index (Phi) is 3.30. The van der Waals surface area contributed by atoms with E-state index >= 15 is 0 Å². The van der Waals surface area contributed by atoms with Crippen LogP contribution in [-0.2, 0) is 5.54 Å². The number of nitrogens with two attached hydrogens (primary N) is 1. The van der Waals surface area contributed by atoms with Crippen LogP contribution in [0.25, 0.3) is 10.4 Å². The van der Waals surface area contributed by atoms with Crippen LogP contribution in [0.2, 0.25) is 5.02 Å². The van der Waals surface area contributed by atoms with Crippen LogP contribution in [0.15, 0.2) is 29.6 Å². The molecule has 3 heteroatoms. The molecule has 1 aromatic heterocycles. The topological polar surface area (TPSA) is 26.0 Å². The number of halogens is 1. The summed E-state index contributed by atoms with van der Waals surface area (Å²) in [6.07, 6.45) is 0. The molecule has 0 unspecified atom stereocenters. The maximum Gasteiger partial charge on any atom is 0.0441 e. The standard InChI is InChI=1S/C14H16ClNS/c1-9-11(5-4-6-12(9)15)13-7-10(8-17-13)14(2,3)16/h4-8H,16H2,1-3H3. The van der Waals surface area contributed by atoms with Crippen LogP contribution in [-0.4, -0.2) is 0 Å². The molecule has 17 heavy (non-hydrogen) atoms. The molecule has 0 aliphatic heterocycles. The Morgan fingerprint density at radius 1 is 1.29 bits per heavy atom. The second kappa shape index (κ2) is 4.45. The minimum atomic E-state index is -0.290. The van der Waals surface area contributed by atoms with Crippen LogP contribution in [0.5, 0.6) is 0 Å². The van der Waals surface area contributed by atoms with E-state index in [0.29, 0.717) is 0 Å². The summed E-state index contributed by atoms with van der Waals surface area (Å²) in [5, 5.41) is 2.93. The first-order chi connectivity index (χ1) is 7.89. The Bertz CT molecular complexity index is 537. The second-order valence-electron chi connectivity index (χ2n) is 4.83. The molecule has 0 aliphatic carbocycles. The molecule has 0 amide bonds. The molecule has 0 radical (unpaired) electrons. The fraction of sp³-hybridized carbons (Fsp3) is 0.286. The van der Waals surface area contributed by atoms with Crippen molar-refractivity contribution in [3.63, 3.8) is 0 Å². The Morgan fingerprint density at radius 3 is 2.59 bits per heavy atom. The van der Waals surface area contributed by atoms with Gasteiger partial charge in [-0.1, -0.05) is 23.7 Å². The van der Waals surface area contributed by atoms with Crippen molar-refractivity contribution in [2.45, 2.75) is 26.3 Å². The van der Waals surface area contributed by atoms with Crippen LogP contribution >= 0.6 is 22.9 Å². The van der Waals surface area contributed by atoms with Gasteiger partial charge in [-0.3, -0.25) is 0 Å². The monoisotopic (exact) mass is 265 g/mol. The van der Waals surface area contributed by atoms with E-state index < -0.39 is 0 Å². The van der Waals surface area contributed by atoms with Gasteiger partial charge in [0.25, 0.3) is 0 Å². The molecule has 0 bridgehead atoms. The summed E-state index contributed by atoms with van der Waals surface area (Å²) in [6, 6.07) is 8.16. The van der Waals surface area contributed by atoms with Crippen LogP contribution in [0.3, 0.4) is 0 Å². The maximum atomic E-state index is 6.14. The number of thiophene rings is 1. The molecule has 0 fully saturated rings. The highest BCUT2D eigenvalue weighted by molar-refractivity contribution is 7.13. The first-order valence-corrected chi connectivity index (χ1v) is 6.79.